The molecule has 0 aliphatic carbocycles. The molecule has 2 aromatic carbocycles. The molecule has 1 amide bonds. The number of nitrogens with zero attached hydrogens (tertiary/aromatic N) is 1. The standard InChI is InChI=1S/C19H14ClNO4S2/c20-14-7-5-12(6-8-14)11-25-15-4-2-1-3-13(15)9-16-18(24)21(10-17(22)23)19(26)27-16/h1-9H,10-11H2,(H,22,23)/b16-9-. The molecule has 0 spiro atoms. The molecule has 138 valence electrons. The predicted molar refractivity (Wildman–Crippen MR) is 110 cm³/mol. The van der Waals surface area contributed by atoms with Crippen molar-refractivity contribution in [2.75, 3.05) is 6.54 Å². The summed E-state index contributed by atoms with van der Waals surface area (Å²) >= 11 is 12.1. The molecule has 8 heteroatoms. The second-order valence-electron chi connectivity index (χ2n) is 5.61. The van der Waals surface area contributed by atoms with Crippen molar-refractivity contribution in [1.82, 2.24) is 4.90 Å². The Bertz CT molecular complexity index is 928. The van der Waals surface area contributed by atoms with Gasteiger partial charge in [0.05, 0.1) is 4.91 Å². The van der Waals surface area contributed by atoms with Gasteiger partial charge >= 0.3 is 5.97 Å². The zero-order valence-corrected chi connectivity index (χ0v) is 16.3. The van der Waals surface area contributed by atoms with Crippen molar-refractivity contribution >= 4 is 57.9 Å². The number of aliphatic carboxylic acids is 1. The summed E-state index contributed by atoms with van der Waals surface area (Å²) in [5.74, 6) is -0.921. The Morgan fingerprint density at radius 2 is 1.93 bits per heavy atom. The molecule has 1 saturated heterocycles. The van der Waals surface area contributed by atoms with Gasteiger partial charge in [0, 0.05) is 10.6 Å². The summed E-state index contributed by atoms with van der Waals surface area (Å²) in [6.45, 7) is -0.0985. The number of halogens is 1. The minimum absolute atomic E-state index is 0.230. The van der Waals surface area contributed by atoms with Gasteiger partial charge in [-0.2, -0.15) is 0 Å². The Morgan fingerprint density at radius 1 is 1.22 bits per heavy atom. The Kier molecular flexibility index (Phi) is 6.15. The lowest BCUT2D eigenvalue weighted by Gasteiger charge is -2.11. The van der Waals surface area contributed by atoms with E-state index >= 15 is 0 Å². The highest BCUT2D eigenvalue weighted by Gasteiger charge is 2.33. The molecule has 1 fully saturated rings. The first-order chi connectivity index (χ1) is 12.9. The van der Waals surface area contributed by atoms with E-state index in [9.17, 15) is 9.59 Å². The van der Waals surface area contributed by atoms with Crippen LogP contribution in [0.4, 0.5) is 0 Å². The number of amides is 1. The smallest absolute Gasteiger partial charge is 0.323 e. The highest BCUT2D eigenvalue weighted by Crippen LogP contribution is 2.34. The highest BCUT2D eigenvalue weighted by molar-refractivity contribution is 8.26. The largest absolute Gasteiger partial charge is 0.488 e. The molecule has 27 heavy (non-hydrogen) atoms. The molecular formula is C19H14ClNO4S2. The Hall–Kier alpha value is -2.35. The molecule has 1 N–H and O–H groups in total. The van der Waals surface area contributed by atoms with Crippen LogP contribution in [0.1, 0.15) is 11.1 Å². The number of thioether (sulfide) groups is 1. The Morgan fingerprint density at radius 3 is 2.63 bits per heavy atom. The number of thiocarbonyl (C=S) groups is 1. The van der Waals surface area contributed by atoms with Gasteiger partial charge in [0.1, 0.15) is 23.2 Å². The minimum atomic E-state index is -1.11. The van der Waals surface area contributed by atoms with Gasteiger partial charge < -0.3 is 9.84 Å². The van der Waals surface area contributed by atoms with E-state index in [2.05, 4.69) is 0 Å². The fourth-order valence-electron chi connectivity index (χ4n) is 2.39. The second-order valence-corrected chi connectivity index (χ2v) is 7.73. The summed E-state index contributed by atoms with van der Waals surface area (Å²) in [6.07, 6.45) is 1.67. The van der Waals surface area contributed by atoms with Crippen LogP contribution in [0.3, 0.4) is 0 Å². The number of carboxylic acids is 1. The number of carboxylic acid groups (broad SMARTS) is 1. The summed E-state index contributed by atoms with van der Waals surface area (Å²) in [5.41, 5.74) is 1.67. The van der Waals surface area contributed by atoms with Gasteiger partial charge in [-0.05, 0) is 29.8 Å². The Balaban J connectivity index is 1.78. The van der Waals surface area contributed by atoms with Gasteiger partial charge in [-0.3, -0.25) is 14.5 Å². The van der Waals surface area contributed by atoms with Crippen LogP contribution >= 0.6 is 35.6 Å². The second kappa shape index (κ2) is 8.56. The molecule has 1 heterocycles. The van der Waals surface area contributed by atoms with E-state index in [0.29, 0.717) is 27.8 Å². The summed E-state index contributed by atoms with van der Waals surface area (Å²) in [7, 11) is 0. The van der Waals surface area contributed by atoms with Gasteiger partial charge in [0.2, 0.25) is 0 Å². The zero-order valence-electron chi connectivity index (χ0n) is 13.9. The van der Waals surface area contributed by atoms with Crippen molar-refractivity contribution in [2.45, 2.75) is 6.61 Å². The predicted octanol–water partition coefficient (Wildman–Crippen LogP) is 4.20. The molecule has 3 rings (SSSR count). The van der Waals surface area contributed by atoms with Crippen LogP contribution in [0, 0.1) is 0 Å². The summed E-state index contributed by atoms with van der Waals surface area (Å²) in [5, 5.41) is 9.57. The molecule has 0 aromatic heterocycles. The molecule has 0 unspecified atom stereocenters. The van der Waals surface area contributed by atoms with E-state index in [1.807, 2.05) is 30.3 Å². The van der Waals surface area contributed by atoms with Crippen LogP contribution in [-0.2, 0) is 16.2 Å². The summed E-state index contributed by atoms with van der Waals surface area (Å²) in [6, 6.07) is 14.6. The van der Waals surface area contributed by atoms with Gasteiger partial charge in [-0.1, -0.05) is 65.9 Å². The molecule has 5 nitrogen and oxygen atoms in total. The van der Waals surface area contributed by atoms with Crippen LogP contribution in [0.5, 0.6) is 5.75 Å². The van der Waals surface area contributed by atoms with E-state index < -0.39 is 18.4 Å². The highest BCUT2D eigenvalue weighted by atomic mass is 35.5. The van der Waals surface area contributed by atoms with Gasteiger partial charge in [-0.25, -0.2) is 0 Å². The normalized spacial score (nSPS) is 15.4. The zero-order chi connectivity index (χ0) is 19.4. The average Bonchev–Trinajstić information content (AvgIpc) is 2.89. The number of ether oxygens (including phenoxy) is 1. The van der Waals surface area contributed by atoms with Crippen LogP contribution in [0.25, 0.3) is 6.08 Å². The molecule has 0 radical (unpaired) electrons. The van der Waals surface area contributed by atoms with E-state index in [1.165, 1.54) is 0 Å². The third kappa shape index (κ3) is 4.88. The first kappa shape index (κ1) is 19.4. The van der Waals surface area contributed by atoms with Crippen molar-refractivity contribution in [2.24, 2.45) is 0 Å². The SMILES string of the molecule is O=C(O)CN1C(=O)/C(=C/c2ccccc2OCc2ccc(Cl)cc2)SC1=S. The number of carbonyl (C=O) groups excluding carboxylic acids is 1. The molecule has 0 atom stereocenters. The van der Waals surface area contributed by atoms with Crippen LogP contribution in [0.15, 0.2) is 53.4 Å². The number of carbonyl (C=O) groups is 2. The third-order valence-electron chi connectivity index (χ3n) is 3.68. The Labute approximate surface area is 170 Å². The lowest BCUT2D eigenvalue weighted by Crippen LogP contribution is -2.33. The fraction of sp³-hybridized carbons (Fsp3) is 0.105. The number of benzene rings is 2. The van der Waals surface area contributed by atoms with Gasteiger partial charge in [0.15, 0.2) is 0 Å². The maximum absolute atomic E-state index is 12.4. The fourth-order valence-corrected chi connectivity index (χ4v) is 3.76. The van der Waals surface area contributed by atoms with E-state index in [0.717, 1.165) is 22.2 Å². The quantitative estimate of drug-likeness (QED) is 0.559. The first-order valence-electron chi connectivity index (χ1n) is 7.87. The third-order valence-corrected chi connectivity index (χ3v) is 5.31. The van der Waals surface area contributed by atoms with Crippen LogP contribution in [0.2, 0.25) is 5.02 Å². The maximum atomic E-state index is 12.4. The van der Waals surface area contributed by atoms with Crippen LogP contribution in [-0.4, -0.2) is 32.7 Å². The van der Waals surface area contributed by atoms with E-state index in [4.69, 9.17) is 33.7 Å². The van der Waals surface area contributed by atoms with Gasteiger partial charge in [0.25, 0.3) is 5.91 Å². The van der Waals surface area contributed by atoms with Crippen molar-refractivity contribution < 1.29 is 19.4 Å². The lowest BCUT2D eigenvalue weighted by atomic mass is 10.1. The first-order valence-corrected chi connectivity index (χ1v) is 9.48. The molecule has 1 aliphatic heterocycles. The molecular weight excluding hydrogens is 406 g/mol. The van der Waals surface area contributed by atoms with Gasteiger partial charge in [-0.15, -0.1) is 0 Å². The van der Waals surface area contributed by atoms with E-state index in [1.54, 1.807) is 24.3 Å². The number of hydrogen-bond acceptors (Lipinski definition) is 5. The average molecular weight is 420 g/mol. The minimum Gasteiger partial charge on any atom is -0.488 e. The van der Waals surface area contributed by atoms with Crippen molar-refractivity contribution in [3.8, 4) is 5.75 Å². The molecule has 1 aliphatic rings. The van der Waals surface area contributed by atoms with Crippen molar-refractivity contribution in [3.05, 3.63) is 69.6 Å². The molecule has 0 saturated carbocycles. The lowest BCUT2D eigenvalue weighted by molar-refractivity contribution is -0.140. The maximum Gasteiger partial charge on any atom is 0.323 e. The number of hydrogen-bond donors (Lipinski definition) is 1. The molecule has 2 aromatic rings. The summed E-state index contributed by atoms with van der Waals surface area (Å²) < 4.78 is 6.11. The summed E-state index contributed by atoms with van der Waals surface area (Å²) in [4.78, 5) is 24.7. The number of rotatable bonds is 6. The number of para-hydroxylation sites is 1. The van der Waals surface area contributed by atoms with E-state index in [-0.39, 0.29) is 4.32 Å². The monoisotopic (exact) mass is 419 g/mol. The molecule has 0 bridgehead atoms. The van der Waals surface area contributed by atoms with Crippen molar-refractivity contribution in [1.29, 1.82) is 0 Å². The van der Waals surface area contributed by atoms with Crippen LogP contribution < -0.4 is 4.74 Å². The van der Waals surface area contributed by atoms with Crippen molar-refractivity contribution in [3.63, 3.8) is 0 Å². The topological polar surface area (TPSA) is 66.8 Å².